The van der Waals surface area contributed by atoms with Gasteiger partial charge in [0.2, 0.25) is 0 Å². The Bertz CT molecular complexity index is 1250. The number of amides is 1. The van der Waals surface area contributed by atoms with Crippen LogP contribution in [0.15, 0.2) is 65.6 Å². The van der Waals surface area contributed by atoms with Crippen molar-refractivity contribution >= 4 is 28.8 Å². The van der Waals surface area contributed by atoms with Gasteiger partial charge in [0.25, 0.3) is 11.7 Å². The van der Waals surface area contributed by atoms with Crippen LogP contribution in [0.4, 0.5) is 0 Å². The zero-order valence-corrected chi connectivity index (χ0v) is 20.3. The van der Waals surface area contributed by atoms with Crippen molar-refractivity contribution in [2.24, 2.45) is 0 Å². The first-order valence-electron chi connectivity index (χ1n) is 10.9. The molecule has 1 aliphatic rings. The molecule has 1 unspecified atom stereocenters. The normalized spacial score (nSPS) is 17.9. The molecular weight excluding hydrogens is 450 g/mol. The molecule has 0 bridgehead atoms. The zero-order valence-electron chi connectivity index (χ0n) is 19.5. The van der Waals surface area contributed by atoms with Crippen LogP contribution in [0.5, 0.6) is 11.5 Å². The average molecular weight is 478 g/mol. The molecule has 1 fully saturated rings. The standard InChI is InChI=1S/C27H27NO5S/c1-27(2,3)17-9-12-21(33-4)20(14-17)24(30)22-23(16-7-10-18(29)11-8-16)28(26(32)25(22)31)15-19-6-5-13-34-19/h5-14,23,29-30H,15H2,1-4H3/b24-22+. The third-order valence-electron chi connectivity index (χ3n) is 5.98. The molecule has 7 heteroatoms. The second kappa shape index (κ2) is 8.99. The number of hydrogen-bond donors (Lipinski definition) is 2. The summed E-state index contributed by atoms with van der Waals surface area (Å²) in [5.41, 5.74) is 1.71. The van der Waals surface area contributed by atoms with Gasteiger partial charge in [-0.25, -0.2) is 0 Å². The number of aliphatic hydroxyl groups excluding tert-OH is 1. The number of ketones is 1. The monoisotopic (exact) mass is 477 g/mol. The number of nitrogens with zero attached hydrogens (tertiary/aromatic N) is 1. The lowest BCUT2D eigenvalue weighted by Gasteiger charge is -2.25. The molecule has 1 aromatic heterocycles. The van der Waals surface area contributed by atoms with Crippen molar-refractivity contribution in [1.29, 1.82) is 0 Å². The topological polar surface area (TPSA) is 87.1 Å². The molecule has 2 aromatic carbocycles. The zero-order chi connectivity index (χ0) is 24.6. The highest BCUT2D eigenvalue weighted by Crippen LogP contribution is 2.43. The number of phenols is 1. The van der Waals surface area contributed by atoms with Crippen LogP contribution in [0.1, 0.15) is 48.4 Å². The second-order valence-electron chi connectivity index (χ2n) is 9.26. The first kappa shape index (κ1) is 23.6. The Morgan fingerprint density at radius 2 is 1.79 bits per heavy atom. The lowest BCUT2D eigenvalue weighted by Crippen LogP contribution is -2.28. The highest BCUT2D eigenvalue weighted by atomic mass is 32.1. The number of methoxy groups -OCH3 is 1. The average Bonchev–Trinajstić information content (AvgIpc) is 3.40. The van der Waals surface area contributed by atoms with E-state index in [1.807, 2.05) is 23.6 Å². The molecule has 6 nitrogen and oxygen atoms in total. The number of likely N-dealkylation sites (tertiary alicyclic amines) is 1. The quantitative estimate of drug-likeness (QED) is 0.293. The Labute approximate surface area is 202 Å². The largest absolute Gasteiger partial charge is 0.508 e. The molecule has 2 heterocycles. The van der Waals surface area contributed by atoms with Gasteiger partial charge < -0.3 is 19.8 Å². The van der Waals surface area contributed by atoms with Crippen molar-refractivity contribution < 1.29 is 24.5 Å². The van der Waals surface area contributed by atoms with Crippen LogP contribution in [-0.2, 0) is 21.5 Å². The van der Waals surface area contributed by atoms with Crippen molar-refractivity contribution in [3.63, 3.8) is 0 Å². The van der Waals surface area contributed by atoms with Crippen molar-refractivity contribution in [2.45, 2.75) is 38.8 Å². The van der Waals surface area contributed by atoms with Gasteiger partial charge in [0.05, 0.1) is 30.8 Å². The van der Waals surface area contributed by atoms with Crippen molar-refractivity contribution in [3.05, 3.63) is 87.1 Å². The van der Waals surface area contributed by atoms with Gasteiger partial charge >= 0.3 is 0 Å². The number of rotatable bonds is 5. The van der Waals surface area contributed by atoms with E-state index in [1.165, 1.54) is 35.5 Å². The van der Waals surface area contributed by atoms with Crippen LogP contribution in [0, 0.1) is 0 Å². The molecule has 176 valence electrons. The van der Waals surface area contributed by atoms with E-state index in [9.17, 15) is 19.8 Å². The molecule has 1 amide bonds. The molecule has 0 spiro atoms. The molecule has 4 rings (SSSR count). The summed E-state index contributed by atoms with van der Waals surface area (Å²) in [6, 6.07) is 14.8. The first-order valence-corrected chi connectivity index (χ1v) is 11.8. The Morgan fingerprint density at radius 3 is 2.38 bits per heavy atom. The fraction of sp³-hybridized carbons (Fsp3) is 0.259. The molecule has 0 saturated carbocycles. The van der Waals surface area contributed by atoms with Crippen molar-refractivity contribution in [1.82, 2.24) is 4.90 Å². The number of Topliss-reactive ketones (excluding diaryl/α,β-unsaturated/α-hetero) is 1. The lowest BCUT2D eigenvalue weighted by atomic mass is 9.85. The van der Waals surface area contributed by atoms with E-state index >= 15 is 0 Å². The van der Waals surface area contributed by atoms with Crippen LogP contribution >= 0.6 is 11.3 Å². The van der Waals surface area contributed by atoms with Gasteiger partial charge in [0.15, 0.2) is 0 Å². The summed E-state index contributed by atoms with van der Waals surface area (Å²) in [6.07, 6.45) is 0. The number of benzene rings is 2. The number of aliphatic hydroxyl groups is 1. The first-order chi connectivity index (χ1) is 16.1. The summed E-state index contributed by atoms with van der Waals surface area (Å²) in [6.45, 7) is 6.38. The molecule has 0 aliphatic carbocycles. The number of carbonyl (C=O) groups excluding carboxylic acids is 2. The van der Waals surface area contributed by atoms with Crippen molar-refractivity contribution in [3.8, 4) is 11.5 Å². The number of aromatic hydroxyl groups is 1. The third kappa shape index (κ3) is 4.31. The Balaban J connectivity index is 1.93. The molecule has 34 heavy (non-hydrogen) atoms. The Morgan fingerprint density at radius 1 is 1.09 bits per heavy atom. The minimum atomic E-state index is -0.814. The summed E-state index contributed by atoms with van der Waals surface area (Å²) in [5, 5.41) is 23.2. The number of carbonyl (C=O) groups is 2. The van der Waals surface area contributed by atoms with E-state index in [0.717, 1.165) is 10.4 Å². The van der Waals surface area contributed by atoms with Crippen LogP contribution in [0.2, 0.25) is 0 Å². The fourth-order valence-corrected chi connectivity index (χ4v) is 4.82. The number of hydrogen-bond acceptors (Lipinski definition) is 6. The van der Waals surface area contributed by atoms with Crippen LogP contribution < -0.4 is 4.74 Å². The maximum atomic E-state index is 13.3. The summed E-state index contributed by atoms with van der Waals surface area (Å²) < 4.78 is 5.49. The molecule has 2 N–H and O–H groups in total. The maximum absolute atomic E-state index is 13.3. The number of thiophene rings is 1. The molecule has 1 saturated heterocycles. The van der Waals surface area contributed by atoms with Gasteiger partial charge in [0.1, 0.15) is 17.3 Å². The van der Waals surface area contributed by atoms with E-state index in [2.05, 4.69) is 20.8 Å². The molecule has 1 aliphatic heterocycles. The fourth-order valence-electron chi connectivity index (χ4n) is 4.12. The van der Waals surface area contributed by atoms with Gasteiger partial charge in [-0.05, 0) is 52.3 Å². The van der Waals surface area contributed by atoms with Gasteiger partial charge in [-0.3, -0.25) is 9.59 Å². The van der Waals surface area contributed by atoms with Crippen LogP contribution in [0.25, 0.3) is 5.76 Å². The molecular formula is C27H27NO5S. The van der Waals surface area contributed by atoms with E-state index in [1.54, 1.807) is 24.3 Å². The number of phenolic OH excluding ortho intramolecular Hbond substituents is 1. The van der Waals surface area contributed by atoms with E-state index in [0.29, 0.717) is 16.9 Å². The second-order valence-corrected chi connectivity index (χ2v) is 10.3. The summed E-state index contributed by atoms with van der Waals surface area (Å²) in [5.74, 6) is -1.25. The van der Waals surface area contributed by atoms with E-state index in [-0.39, 0.29) is 29.0 Å². The van der Waals surface area contributed by atoms with Crippen molar-refractivity contribution in [2.75, 3.05) is 7.11 Å². The highest BCUT2D eigenvalue weighted by Gasteiger charge is 2.46. The molecule has 1 atom stereocenters. The predicted molar refractivity (Wildman–Crippen MR) is 132 cm³/mol. The van der Waals surface area contributed by atoms with E-state index < -0.39 is 17.7 Å². The SMILES string of the molecule is COc1ccc(C(C)(C)C)cc1/C(O)=C1\C(=O)C(=O)N(Cc2cccs2)C1c1ccc(O)cc1. The minimum Gasteiger partial charge on any atom is -0.508 e. The molecule has 3 aromatic rings. The van der Waals surface area contributed by atoms with Crippen LogP contribution in [-0.4, -0.2) is 33.9 Å². The lowest BCUT2D eigenvalue weighted by molar-refractivity contribution is -0.140. The predicted octanol–water partition coefficient (Wildman–Crippen LogP) is 5.38. The van der Waals surface area contributed by atoms with E-state index in [4.69, 9.17) is 4.74 Å². The molecule has 0 radical (unpaired) electrons. The Kier molecular flexibility index (Phi) is 6.23. The minimum absolute atomic E-state index is 0.00314. The van der Waals surface area contributed by atoms with Gasteiger partial charge in [0, 0.05) is 4.88 Å². The van der Waals surface area contributed by atoms with Gasteiger partial charge in [-0.1, -0.05) is 45.0 Å². The summed E-state index contributed by atoms with van der Waals surface area (Å²) in [7, 11) is 1.50. The Hall–Kier alpha value is -3.58. The summed E-state index contributed by atoms with van der Waals surface area (Å²) >= 11 is 1.49. The van der Waals surface area contributed by atoms with Gasteiger partial charge in [-0.2, -0.15) is 0 Å². The van der Waals surface area contributed by atoms with Gasteiger partial charge in [-0.15, -0.1) is 11.3 Å². The number of ether oxygens (including phenoxy) is 1. The van der Waals surface area contributed by atoms with Crippen LogP contribution in [0.3, 0.4) is 0 Å². The maximum Gasteiger partial charge on any atom is 0.295 e. The smallest absolute Gasteiger partial charge is 0.295 e. The third-order valence-corrected chi connectivity index (χ3v) is 6.84. The highest BCUT2D eigenvalue weighted by molar-refractivity contribution is 7.09. The summed E-state index contributed by atoms with van der Waals surface area (Å²) in [4.78, 5) is 28.8.